The Labute approximate surface area is 121 Å². The zero-order chi connectivity index (χ0) is 14.8. The lowest BCUT2D eigenvalue weighted by Crippen LogP contribution is -2.48. The molecule has 110 valence electrons. The quantitative estimate of drug-likeness (QED) is 0.787. The number of rotatable bonds is 4. The van der Waals surface area contributed by atoms with Crippen LogP contribution < -0.4 is 4.90 Å². The van der Waals surface area contributed by atoms with Gasteiger partial charge in [0.05, 0.1) is 0 Å². The van der Waals surface area contributed by atoms with E-state index < -0.39 is 12.4 Å². The summed E-state index contributed by atoms with van der Waals surface area (Å²) in [6, 6.07) is 7.50. The standard InChI is InChI=1S/C13H16BClF3N2/c1-11(14(16,17)18)10-19-5-7-20(8-6-19)13-4-2-3-12(15)9-13/h2-4,9H,1,5-8,10H2/q-1. The van der Waals surface area contributed by atoms with Gasteiger partial charge in [-0.25, -0.2) is 0 Å². The van der Waals surface area contributed by atoms with Gasteiger partial charge in [0.25, 0.3) is 0 Å². The third kappa shape index (κ3) is 3.93. The van der Waals surface area contributed by atoms with Gasteiger partial charge in [-0.2, -0.15) is 0 Å². The lowest BCUT2D eigenvalue weighted by atomic mass is 9.80. The molecule has 0 bridgehead atoms. The molecule has 0 unspecified atom stereocenters. The first-order chi connectivity index (χ1) is 9.36. The molecule has 0 radical (unpaired) electrons. The van der Waals surface area contributed by atoms with Crippen molar-refractivity contribution < 1.29 is 12.9 Å². The Bertz CT molecular complexity index is 485. The van der Waals surface area contributed by atoms with E-state index in [2.05, 4.69) is 11.5 Å². The highest BCUT2D eigenvalue weighted by molar-refractivity contribution is 6.66. The van der Waals surface area contributed by atoms with E-state index in [1.807, 2.05) is 18.2 Å². The summed E-state index contributed by atoms with van der Waals surface area (Å²) in [6.07, 6.45) is 0. The predicted octanol–water partition coefficient (Wildman–Crippen LogP) is 3.40. The third-order valence-electron chi connectivity index (χ3n) is 3.44. The van der Waals surface area contributed by atoms with Crippen LogP contribution in [0.4, 0.5) is 18.6 Å². The second-order valence-corrected chi connectivity index (χ2v) is 5.41. The zero-order valence-corrected chi connectivity index (χ0v) is 11.8. The zero-order valence-electron chi connectivity index (χ0n) is 11.0. The molecule has 2 rings (SSSR count). The molecule has 1 aromatic rings. The average molecular weight is 304 g/mol. The summed E-state index contributed by atoms with van der Waals surface area (Å²) in [5, 5.41) is 0.665. The summed E-state index contributed by atoms with van der Waals surface area (Å²) in [4.78, 5) is 3.92. The monoisotopic (exact) mass is 303 g/mol. The van der Waals surface area contributed by atoms with E-state index >= 15 is 0 Å². The van der Waals surface area contributed by atoms with Crippen LogP contribution >= 0.6 is 11.6 Å². The van der Waals surface area contributed by atoms with E-state index in [1.165, 1.54) is 0 Å². The first kappa shape index (κ1) is 15.3. The number of benzene rings is 1. The molecule has 1 fully saturated rings. The second-order valence-electron chi connectivity index (χ2n) is 4.98. The van der Waals surface area contributed by atoms with Gasteiger partial charge in [0, 0.05) is 36.9 Å². The second kappa shape index (κ2) is 6.10. The fraction of sp³-hybridized carbons (Fsp3) is 0.385. The van der Waals surface area contributed by atoms with Crippen molar-refractivity contribution in [1.82, 2.24) is 4.90 Å². The molecule has 7 heteroatoms. The maximum atomic E-state index is 12.5. The molecule has 0 saturated carbocycles. The third-order valence-corrected chi connectivity index (χ3v) is 3.67. The van der Waals surface area contributed by atoms with Crippen LogP contribution in [0.15, 0.2) is 36.3 Å². The van der Waals surface area contributed by atoms with E-state index in [4.69, 9.17) is 11.6 Å². The SMILES string of the molecule is C=C(CN1CCN(c2cccc(Cl)c2)CC1)[B-](F)(F)F. The molecule has 1 aliphatic heterocycles. The molecular weight excluding hydrogens is 287 g/mol. The molecule has 0 spiro atoms. The fourth-order valence-electron chi connectivity index (χ4n) is 2.23. The van der Waals surface area contributed by atoms with Gasteiger partial charge in [-0.3, -0.25) is 4.90 Å². The van der Waals surface area contributed by atoms with Crippen molar-refractivity contribution in [2.45, 2.75) is 0 Å². The molecule has 0 amide bonds. The van der Waals surface area contributed by atoms with Gasteiger partial charge in [0.2, 0.25) is 0 Å². The Hall–Kier alpha value is -1.14. The molecule has 1 aliphatic rings. The smallest absolute Gasteiger partial charge is 0.445 e. The molecule has 20 heavy (non-hydrogen) atoms. The van der Waals surface area contributed by atoms with Gasteiger partial charge >= 0.3 is 6.98 Å². The van der Waals surface area contributed by atoms with Crippen LogP contribution in [0.3, 0.4) is 0 Å². The van der Waals surface area contributed by atoms with Crippen LogP contribution in [0.5, 0.6) is 0 Å². The molecule has 0 aromatic heterocycles. The summed E-state index contributed by atoms with van der Waals surface area (Å²) in [7, 11) is 0. The van der Waals surface area contributed by atoms with Crippen LogP contribution in [0.1, 0.15) is 0 Å². The summed E-state index contributed by atoms with van der Waals surface area (Å²) < 4.78 is 37.5. The maximum Gasteiger partial charge on any atom is 0.506 e. The Morgan fingerprint density at radius 1 is 1.20 bits per heavy atom. The van der Waals surface area contributed by atoms with Gasteiger partial charge in [-0.05, 0) is 24.7 Å². The minimum atomic E-state index is -4.93. The van der Waals surface area contributed by atoms with E-state index in [0.29, 0.717) is 31.2 Å². The van der Waals surface area contributed by atoms with Crippen molar-refractivity contribution in [3.05, 3.63) is 41.3 Å². The van der Waals surface area contributed by atoms with Crippen molar-refractivity contribution in [3.63, 3.8) is 0 Å². The summed E-state index contributed by atoms with van der Waals surface area (Å²) in [5.41, 5.74) is 0.386. The van der Waals surface area contributed by atoms with Crippen molar-refractivity contribution in [1.29, 1.82) is 0 Å². The number of hydrogen-bond donors (Lipinski definition) is 0. The molecule has 1 saturated heterocycles. The van der Waals surface area contributed by atoms with Gasteiger partial charge in [0.1, 0.15) is 0 Å². The van der Waals surface area contributed by atoms with Crippen molar-refractivity contribution in [3.8, 4) is 0 Å². The number of piperazine rings is 1. The van der Waals surface area contributed by atoms with Crippen molar-refractivity contribution in [2.75, 3.05) is 37.6 Å². The largest absolute Gasteiger partial charge is 0.506 e. The highest BCUT2D eigenvalue weighted by Crippen LogP contribution is 2.22. The molecule has 0 N–H and O–H groups in total. The van der Waals surface area contributed by atoms with Crippen LogP contribution in [0.25, 0.3) is 0 Å². The van der Waals surface area contributed by atoms with Crippen LogP contribution in [-0.2, 0) is 0 Å². The Kier molecular flexibility index (Phi) is 4.65. The predicted molar refractivity (Wildman–Crippen MR) is 78.3 cm³/mol. The minimum absolute atomic E-state index is 0.0904. The maximum absolute atomic E-state index is 12.5. The van der Waals surface area contributed by atoms with Crippen LogP contribution in [-0.4, -0.2) is 44.6 Å². The van der Waals surface area contributed by atoms with Crippen molar-refractivity contribution in [2.24, 2.45) is 0 Å². The Morgan fingerprint density at radius 2 is 1.85 bits per heavy atom. The van der Waals surface area contributed by atoms with Gasteiger partial charge in [-0.15, -0.1) is 12.1 Å². The van der Waals surface area contributed by atoms with Crippen LogP contribution in [0, 0.1) is 0 Å². The molecule has 1 heterocycles. The van der Waals surface area contributed by atoms with E-state index in [-0.39, 0.29) is 6.54 Å². The Morgan fingerprint density at radius 3 is 2.40 bits per heavy atom. The van der Waals surface area contributed by atoms with Gasteiger partial charge < -0.3 is 17.8 Å². The number of anilines is 1. The molecule has 2 nitrogen and oxygen atoms in total. The lowest BCUT2D eigenvalue weighted by molar-refractivity contribution is 0.277. The summed E-state index contributed by atoms with van der Waals surface area (Å²) in [6.45, 7) is 0.693. The molecule has 1 aromatic carbocycles. The Balaban J connectivity index is 1.88. The highest BCUT2D eigenvalue weighted by atomic mass is 35.5. The van der Waals surface area contributed by atoms with E-state index in [9.17, 15) is 12.9 Å². The van der Waals surface area contributed by atoms with Crippen LogP contribution in [0.2, 0.25) is 5.02 Å². The van der Waals surface area contributed by atoms with Crippen molar-refractivity contribution >= 4 is 24.3 Å². The van der Waals surface area contributed by atoms with Gasteiger partial charge in [0.15, 0.2) is 0 Å². The average Bonchev–Trinajstić information content (AvgIpc) is 2.38. The first-order valence-electron chi connectivity index (χ1n) is 6.47. The van der Waals surface area contributed by atoms with Gasteiger partial charge in [-0.1, -0.05) is 17.7 Å². The van der Waals surface area contributed by atoms with E-state index in [0.717, 1.165) is 5.69 Å². The summed E-state index contributed by atoms with van der Waals surface area (Å²) in [5.74, 6) is 0. The number of hydrogen-bond acceptors (Lipinski definition) is 2. The number of halogens is 4. The topological polar surface area (TPSA) is 6.48 Å². The lowest BCUT2D eigenvalue weighted by Gasteiger charge is -2.37. The summed E-state index contributed by atoms with van der Waals surface area (Å²) >= 11 is 5.94. The van der Waals surface area contributed by atoms with E-state index in [1.54, 1.807) is 11.0 Å². The highest BCUT2D eigenvalue weighted by Gasteiger charge is 2.28. The first-order valence-corrected chi connectivity index (χ1v) is 6.84. The molecular formula is C13H16BClF3N2-. The molecule has 0 atom stereocenters. The fourth-order valence-corrected chi connectivity index (χ4v) is 2.41. The number of nitrogens with zero attached hydrogens (tertiary/aromatic N) is 2. The minimum Gasteiger partial charge on any atom is -0.445 e. The normalized spacial score (nSPS) is 17.3. The molecule has 0 aliphatic carbocycles.